The van der Waals surface area contributed by atoms with Crippen LogP contribution in [0, 0.1) is 11.8 Å². The van der Waals surface area contributed by atoms with Gasteiger partial charge in [0.2, 0.25) is 0 Å². The van der Waals surface area contributed by atoms with E-state index >= 15 is 0 Å². The van der Waals surface area contributed by atoms with Gasteiger partial charge in [-0.3, -0.25) is 4.79 Å². The molecular weight excluding hydrogens is 210 g/mol. The highest BCUT2D eigenvalue weighted by atomic mass is 16.1. The number of ketones is 1. The molecule has 1 aliphatic carbocycles. The van der Waals surface area contributed by atoms with E-state index in [2.05, 4.69) is 19.2 Å². The summed E-state index contributed by atoms with van der Waals surface area (Å²) in [7, 11) is 0. The smallest absolute Gasteiger partial charge is 0.152 e. The Morgan fingerprint density at radius 1 is 1.12 bits per heavy atom. The Morgan fingerprint density at radius 3 is 2.18 bits per heavy atom. The predicted octanol–water partition coefficient (Wildman–Crippen LogP) is 3.55. The lowest BCUT2D eigenvalue weighted by molar-refractivity contribution is -0.124. The molecule has 0 aromatic rings. The summed E-state index contributed by atoms with van der Waals surface area (Å²) in [4.78, 5) is 12.2. The highest BCUT2D eigenvalue weighted by Crippen LogP contribution is 2.28. The van der Waals surface area contributed by atoms with Gasteiger partial charge in [-0.1, -0.05) is 59.8 Å². The standard InChI is InChI=1S/C15H29NO/c1-11(2)15(17)14(16-12(3)4)10-13-8-6-5-7-9-13/h11-14,16H,5-10H2,1-4H3/t14-/m0/s1. The molecule has 17 heavy (non-hydrogen) atoms. The first kappa shape index (κ1) is 14.7. The van der Waals surface area contributed by atoms with Gasteiger partial charge < -0.3 is 5.32 Å². The molecule has 0 bridgehead atoms. The van der Waals surface area contributed by atoms with Gasteiger partial charge in [0.15, 0.2) is 5.78 Å². The summed E-state index contributed by atoms with van der Waals surface area (Å²) >= 11 is 0. The molecule has 0 spiro atoms. The van der Waals surface area contributed by atoms with E-state index in [1.165, 1.54) is 32.1 Å². The largest absolute Gasteiger partial charge is 0.305 e. The SMILES string of the molecule is CC(C)N[C@@H](CC1CCCCC1)C(=O)C(C)C. The molecule has 0 aromatic heterocycles. The Hall–Kier alpha value is -0.370. The number of carbonyl (C=O) groups excluding carboxylic acids is 1. The molecule has 0 aliphatic heterocycles. The fourth-order valence-electron chi connectivity index (χ4n) is 2.83. The highest BCUT2D eigenvalue weighted by Gasteiger charge is 2.25. The van der Waals surface area contributed by atoms with Gasteiger partial charge >= 0.3 is 0 Å². The Kier molecular flexibility index (Phi) is 6.18. The van der Waals surface area contributed by atoms with E-state index in [9.17, 15) is 4.79 Å². The van der Waals surface area contributed by atoms with Crippen molar-refractivity contribution in [1.29, 1.82) is 0 Å². The van der Waals surface area contributed by atoms with Crippen molar-refractivity contribution in [3.8, 4) is 0 Å². The van der Waals surface area contributed by atoms with Crippen LogP contribution in [0.4, 0.5) is 0 Å². The van der Waals surface area contributed by atoms with Crippen molar-refractivity contribution in [2.45, 2.75) is 78.3 Å². The molecule has 2 nitrogen and oxygen atoms in total. The van der Waals surface area contributed by atoms with E-state index in [1.807, 2.05) is 13.8 Å². The first-order chi connectivity index (χ1) is 8.00. The zero-order valence-electron chi connectivity index (χ0n) is 12.0. The monoisotopic (exact) mass is 239 g/mol. The quantitative estimate of drug-likeness (QED) is 0.768. The molecular formula is C15H29NO. The maximum atomic E-state index is 12.2. The van der Waals surface area contributed by atoms with Gasteiger partial charge in [0.05, 0.1) is 6.04 Å². The molecule has 1 N–H and O–H groups in total. The number of rotatable bonds is 6. The lowest BCUT2D eigenvalue weighted by atomic mass is 9.82. The maximum Gasteiger partial charge on any atom is 0.152 e. The fourth-order valence-corrected chi connectivity index (χ4v) is 2.83. The average Bonchev–Trinajstić information content (AvgIpc) is 2.28. The summed E-state index contributed by atoms with van der Waals surface area (Å²) in [6, 6.07) is 0.476. The minimum atomic E-state index is 0.0816. The van der Waals surface area contributed by atoms with Crippen LogP contribution < -0.4 is 5.32 Å². The Bertz CT molecular complexity index is 229. The molecule has 1 saturated carbocycles. The molecule has 1 aliphatic rings. The molecule has 0 saturated heterocycles. The Morgan fingerprint density at radius 2 is 1.71 bits per heavy atom. The lowest BCUT2D eigenvalue weighted by Gasteiger charge is -2.28. The average molecular weight is 239 g/mol. The molecule has 2 heteroatoms. The van der Waals surface area contributed by atoms with E-state index in [-0.39, 0.29) is 12.0 Å². The molecule has 0 aromatic carbocycles. The lowest BCUT2D eigenvalue weighted by Crippen LogP contribution is -2.44. The van der Waals surface area contributed by atoms with Crippen LogP contribution in [-0.4, -0.2) is 17.9 Å². The van der Waals surface area contributed by atoms with Crippen LogP contribution >= 0.6 is 0 Å². The van der Waals surface area contributed by atoms with Crippen LogP contribution in [0.1, 0.15) is 66.2 Å². The van der Waals surface area contributed by atoms with Crippen molar-refractivity contribution in [1.82, 2.24) is 5.32 Å². The number of Topliss-reactive ketones (excluding diaryl/α,β-unsaturated/α-hetero) is 1. The van der Waals surface area contributed by atoms with Crippen molar-refractivity contribution in [3.05, 3.63) is 0 Å². The van der Waals surface area contributed by atoms with E-state index < -0.39 is 0 Å². The van der Waals surface area contributed by atoms with E-state index in [0.717, 1.165) is 12.3 Å². The summed E-state index contributed by atoms with van der Waals surface area (Å²) in [5.41, 5.74) is 0. The van der Waals surface area contributed by atoms with Gasteiger partial charge in [-0.2, -0.15) is 0 Å². The van der Waals surface area contributed by atoms with Gasteiger partial charge in [0, 0.05) is 12.0 Å². The number of carbonyl (C=O) groups is 1. The van der Waals surface area contributed by atoms with Crippen molar-refractivity contribution >= 4 is 5.78 Å². The van der Waals surface area contributed by atoms with Crippen molar-refractivity contribution in [2.24, 2.45) is 11.8 Å². The predicted molar refractivity (Wildman–Crippen MR) is 73.1 cm³/mol. The molecule has 0 heterocycles. The third-order valence-electron chi connectivity index (χ3n) is 3.74. The number of nitrogens with one attached hydrogen (secondary N) is 1. The summed E-state index contributed by atoms with van der Waals surface area (Å²) in [6.07, 6.45) is 7.79. The number of hydrogen-bond acceptors (Lipinski definition) is 2. The Labute approximate surface area is 107 Å². The topological polar surface area (TPSA) is 29.1 Å². The molecule has 0 unspecified atom stereocenters. The van der Waals surface area contributed by atoms with Crippen molar-refractivity contribution in [2.75, 3.05) is 0 Å². The normalized spacial score (nSPS) is 19.9. The summed E-state index contributed by atoms with van der Waals surface area (Å²) in [6.45, 7) is 8.28. The van der Waals surface area contributed by atoms with E-state index in [0.29, 0.717) is 11.8 Å². The van der Waals surface area contributed by atoms with Crippen LogP contribution in [0.25, 0.3) is 0 Å². The third kappa shape index (κ3) is 5.20. The first-order valence-corrected chi connectivity index (χ1v) is 7.30. The van der Waals surface area contributed by atoms with Gasteiger partial charge in [0.25, 0.3) is 0 Å². The highest BCUT2D eigenvalue weighted by molar-refractivity contribution is 5.85. The summed E-state index contributed by atoms with van der Waals surface area (Å²) < 4.78 is 0. The molecule has 1 rings (SSSR count). The summed E-state index contributed by atoms with van der Waals surface area (Å²) in [5.74, 6) is 1.31. The van der Waals surface area contributed by atoms with Crippen molar-refractivity contribution < 1.29 is 4.79 Å². The third-order valence-corrected chi connectivity index (χ3v) is 3.74. The van der Waals surface area contributed by atoms with Gasteiger partial charge in [-0.15, -0.1) is 0 Å². The van der Waals surface area contributed by atoms with Crippen LogP contribution in [0.15, 0.2) is 0 Å². The van der Waals surface area contributed by atoms with Gasteiger partial charge in [-0.25, -0.2) is 0 Å². The second kappa shape index (κ2) is 7.15. The first-order valence-electron chi connectivity index (χ1n) is 7.30. The van der Waals surface area contributed by atoms with Crippen LogP contribution in [0.2, 0.25) is 0 Å². The van der Waals surface area contributed by atoms with Crippen molar-refractivity contribution in [3.63, 3.8) is 0 Å². The maximum absolute atomic E-state index is 12.2. The second-order valence-corrected chi connectivity index (χ2v) is 6.17. The minimum Gasteiger partial charge on any atom is -0.305 e. The zero-order chi connectivity index (χ0) is 12.8. The molecule has 1 atom stereocenters. The molecule has 100 valence electrons. The van der Waals surface area contributed by atoms with Gasteiger partial charge in [-0.05, 0) is 12.3 Å². The molecule has 1 fully saturated rings. The van der Waals surface area contributed by atoms with Crippen LogP contribution in [0.5, 0.6) is 0 Å². The molecule has 0 radical (unpaired) electrons. The minimum absolute atomic E-state index is 0.0816. The fraction of sp³-hybridized carbons (Fsp3) is 0.933. The van der Waals surface area contributed by atoms with Crippen LogP contribution in [-0.2, 0) is 4.79 Å². The Balaban J connectivity index is 2.52. The molecule has 0 amide bonds. The van der Waals surface area contributed by atoms with E-state index in [4.69, 9.17) is 0 Å². The number of hydrogen-bond donors (Lipinski definition) is 1. The summed E-state index contributed by atoms with van der Waals surface area (Å²) in [5, 5.41) is 3.46. The van der Waals surface area contributed by atoms with Gasteiger partial charge in [0.1, 0.15) is 0 Å². The second-order valence-electron chi connectivity index (χ2n) is 6.17. The van der Waals surface area contributed by atoms with E-state index in [1.54, 1.807) is 0 Å². The van der Waals surface area contributed by atoms with Crippen LogP contribution in [0.3, 0.4) is 0 Å². The zero-order valence-corrected chi connectivity index (χ0v) is 12.0.